The molecule has 0 radical (unpaired) electrons. The highest BCUT2D eigenvalue weighted by atomic mass is 32.3. The highest BCUT2D eigenvalue weighted by molar-refractivity contribution is 8.33. The average Bonchev–Trinajstić information content (AvgIpc) is 1.96. The Labute approximate surface area is 65.7 Å². The lowest BCUT2D eigenvalue weighted by Crippen LogP contribution is -2.31. The Morgan fingerprint density at radius 1 is 1.40 bits per heavy atom. The van der Waals surface area contributed by atoms with Crippen molar-refractivity contribution in [3.63, 3.8) is 0 Å². The monoisotopic (exact) mass is 161 g/mol. The van der Waals surface area contributed by atoms with Crippen LogP contribution in [0.25, 0.3) is 0 Å². The molecule has 2 N–H and O–H groups in total. The molecular formula is C8H19NS. The van der Waals surface area contributed by atoms with Crippen LogP contribution in [0.5, 0.6) is 0 Å². The average molecular weight is 161 g/mol. The lowest BCUT2D eigenvalue weighted by molar-refractivity contribution is 0.619. The fourth-order valence-corrected chi connectivity index (χ4v) is 3.93. The van der Waals surface area contributed by atoms with Crippen LogP contribution >= 0.6 is 10.0 Å². The zero-order valence-corrected chi connectivity index (χ0v) is 7.91. The SMILES string of the molecule is CCS1(C)CCC(N)CC1. The predicted octanol–water partition coefficient (Wildman–Crippen LogP) is 1.56. The maximum absolute atomic E-state index is 5.82. The molecule has 0 aromatic carbocycles. The molecule has 0 bridgehead atoms. The first-order valence-corrected chi connectivity index (χ1v) is 6.68. The third kappa shape index (κ3) is 1.89. The molecule has 1 fully saturated rings. The van der Waals surface area contributed by atoms with E-state index in [9.17, 15) is 0 Å². The molecule has 1 nitrogen and oxygen atoms in total. The topological polar surface area (TPSA) is 26.0 Å². The third-order valence-corrected chi connectivity index (χ3v) is 6.50. The van der Waals surface area contributed by atoms with Gasteiger partial charge >= 0.3 is 0 Å². The first-order chi connectivity index (χ1) is 4.66. The molecule has 0 aromatic heterocycles. The van der Waals surface area contributed by atoms with E-state index in [0.29, 0.717) is 6.04 Å². The van der Waals surface area contributed by atoms with Gasteiger partial charge in [-0.2, -0.15) is 0 Å². The van der Waals surface area contributed by atoms with Crippen LogP contribution in [0, 0.1) is 0 Å². The molecule has 2 heteroatoms. The second-order valence-electron chi connectivity index (χ2n) is 3.51. The Hall–Kier alpha value is 0.310. The van der Waals surface area contributed by atoms with Crippen molar-refractivity contribution in [2.75, 3.05) is 23.5 Å². The van der Waals surface area contributed by atoms with Crippen molar-refractivity contribution in [1.29, 1.82) is 0 Å². The van der Waals surface area contributed by atoms with Crippen molar-refractivity contribution in [1.82, 2.24) is 0 Å². The Morgan fingerprint density at radius 3 is 2.30 bits per heavy atom. The lowest BCUT2D eigenvalue weighted by Gasteiger charge is -2.40. The summed E-state index contributed by atoms with van der Waals surface area (Å²) in [5.41, 5.74) is 5.82. The Balaban J connectivity index is 2.38. The number of rotatable bonds is 1. The maximum Gasteiger partial charge on any atom is 0.00534 e. The molecular weight excluding hydrogens is 142 g/mol. The zero-order valence-electron chi connectivity index (χ0n) is 7.10. The van der Waals surface area contributed by atoms with Crippen LogP contribution < -0.4 is 5.73 Å². The summed E-state index contributed by atoms with van der Waals surface area (Å²) in [6.07, 6.45) is 5.03. The minimum atomic E-state index is -0.191. The van der Waals surface area contributed by atoms with Crippen LogP contribution in [0.1, 0.15) is 19.8 Å². The highest BCUT2D eigenvalue weighted by Gasteiger charge is 2.22. The summed E-state index contributed by atoms with van der Waals surface area (Å²) >= 11 is 0. The molecule has 0 aliphatic carbocycles. The molecule has 0 unspecified atom stereocenters. The van der Waals surface area contributed by atoms with E-state index >= 15 is 0 Å². The summed E-state index contributed by atoms with van der Waals surface area (Å²) in [5.74, 6) is 4.25. The summed E-state index contributed by atoms with van der Waals surface area (Å²) in [6, 6.07) is 0.520. The van der Waals surface area contributed by atoms with Crippen molar-refractivity contribution < 1.29 is 0 Å². The van der Waals surface area contributed by atoms with Crippen molar-refractivity contribution in [2.24, 2.45) is 5.73 Å². The molecule has 1 rings (SSSR count). The van der Waals surface area contributed by atoms with Gasteiger partial charge in [0.25, 0.3) is 0 Å². The summed E-state index contributed by atoms with van der Waals surface area (Å²) in [5, 5.41) is 0. The molecule has 10 heavy (non-hydrogen) atoms. The van der Waals surface area contributed by atoms with Gasteiger partial charge in [-0.15, -0.1) is 0 Å². The van der Waals surface area contributed by atoms with Gasteiger partial charge in [-0.05, 0) is 36.4 Å². The molecule has 0 amide bonds. The lowest BCUT2D eigenvalue weighted by atomic mass is 10.2. The van der Waals surface area contributed by atoms with Crippen LogP contribution in [0.4, 0.5) is 0 Å². The quantitative estimate of drug-likeness (QED) is 0.620. The van der Waals surface area contributed by atoms with E-state index in [1.807, 2.05) is 0 Å². The number of hydrogen-bond donors (Lipinski definition) is 1. The molecule has 1 aliphatic heterocycles. The van der Waals surface area contributed by atoms with Crippen molar-refractivity contribution in [3.05, 3.63) is 0 Å². The first-order valence-electron chi connectivity index (χ1n) is 4.13. The van der Waals surface area contributed by atoms with Crippen LogP contribution in [-0.2, 0) is 0 Å². The van der Waals surface area contributed by atoms with Gasteiger partial charge in [0.1, 0.15) is 0 Å². The highest BCUT2D eigenvalue weighted by Crippen LogP contribution is 2.47. The molecule has 0 saturated carbocycles. The zero-order chi connectivity index (χ0) is 7.61. The Bertz CT molecular complexity index is 106. The normalized spacial score (nSPS) is 48.1. The molecule has 0 spiro atoms. The van der Waals surface area contributed by atoms with Gasteiger partial charge in [0.05, 0.1) is 0 Å². The van der Waals surface area contributed by atoms with Crippen LogP contribution in [0.2, 0.25) is 0 Å². The van der Waals surface area contributed by atoms with E-state index in [4.69, 9.17) is 5.73 Å². The van der Waals surface area contributed by atoms with E-state index in [-0.39, 0.29) is 10.0 Å². The predicted molar refractivity (Wildman–Crippen MR) is 51.0 cm³/mol. The second-order valence-corrected chi connectivity index (χ2v) is 7.86. The standard InChI is InChI=1S/C8H19NS/c1-3-10(2)6-4-8(9)5-7-10/h8H,3-7,9H2,1-2H3. The van der Waals surface area contributed by atoms with Crippen molar-refractivity contribution in [2.45, 2.75) is 25.8 Å². The minimum absolute atomic E-state index is 0.191. The molecule has 0 aromatic rings. The maximum atomic E-state index is 5.82. The third-order valence-electron chi connectivity index (χ3n) is 2.66. The summed E-state index contributed by atoms with van der Waals surface area (Å²) in [7, 11) is -0.191. The van der Waals surface area contributed by atoms with E-state index < -0.39 is 0 Å². The van der Waals surface area contributed by atoms with Gasteiger partial charge < -0.3 is 5.73 Å². The van der Waals surface area contributed by atoms with E-state index in [0.717, 1.165) is 0 Å². The second kappa shape index (κ2) is 3.14. The molecule has 1 saturated heterocycles. The van der Waals surface area contributed by atoms with E-state index in [1.54, 1.807) is 0 Å². The van der Waals surface area contributed by atoms with Crippen LogP contribution in [-0.4, -0.2) is 29.6 Å². The first kappa shape index (κ1) is 8.41. The van der Waals surface area contributed by atoms with Crippen molar-refractivity contribution in [3.8, 4) is 0 Å². The van der Waals surface area contributed by atoms with Crippen molar-refractivity contribution >= 4 is 10.0 Å². The van der Waals surface area contributed by atoms with E-state index in [1.165, 1.54) is 30.1 Å². The fraction of sp³-hybridized carbons (Fsp3) is 1.00. The van der Waals surface area contributed by atoms with E-state index in [2.05, 4.69) is 13.2 Å². The van der Waals surface area contributed by atoms with Gasteiger partial charge in [0, 0.05) is 6.04 Å². The fourth-order valence-electron chi connectivity index (χ4n) is 1.41. The molecule has 1 aliphatic rings. The Morgan fingerprint density at radius 2 is 1.90 bits per heavy atom. The molecule has 1 heterocycles. The van der Waals surface area contributed by atoms with Gasteiger partial charge in [-0.25, -0.2) is 10.0 Å². The van der Waals surface area contributed by atoms with Gasteiger partial charge in [0.2, 0.25) is 0 Å². The summed E-state index contributed by atoms with van der Waals surface area (Å²) in [4.78, 5) is 0. The smallest absolute Gasteiger partial charge is 0.00534 e. The van der Waals surface area contributed by atoms with Gasteiger partial charge in [-0.1, -0.05) is 6.92 Å². The summed E-state index contributed by atoms with van der Waals surface area (Å²) in [6.45, 7) is 2.33. The minimum Gasteiger partial charge on any atom is -0.328 e. The van der Waals surface area contributed by atoms with Crippen LogP contribution in [0.15, 0.2) is 0 Å². The van der Waals surface area contributed by atoms with Crippen LogP contribution in [0.3, 0.4) is 0 Å². The number of hydrogen-bond acceptors (Lipinski definition) is 1. The summed E-state index contributed by atoms with van der Waals surface area (Å²) < 4.78 is 0. The largest absolute Gasteiger partial charge is 0.328 e. The Kier molecular flexibility index (Phi) is 2.64. The molecule has 62 valence electrons. The molecule has 0 atom stereocenters. The number of nitrogens with two attached hydrogens (primary N) is 1. The van der Waals surface area contributed by atoms with Gasteiger partial charge in [-0.3, -0.25) is 0 Å². The van der Waals surface area contributed by atoms with Gasteiger partial charge in [0.15, 0.2) is 0 Å².